The van der Waals surface area contributed by atoms with Crippen LogP contribution in [-0.4, -0.2) is 16.9 Å². The van der Waals surface area contributed by atoms with Crippen molar-refractivity contribution in [2.75, 3.05) is 0 Å². The van der Waals surface area contributed by atoms with Crippen LogP contribution in [0.1, 0.15) is 59.3 Å². The predicted octanol–water partition coefficient (Wildman–Crippen LogP) is 4.11. The Hall–Kier alpha value is -2.93. The van der Waals surface area contributed by atoms with Gasteiger partial charge in [-0.2, -0.15) is 0 Å². The maximum atomic E-state index is 13.9. The number of fused-ring (bicyclic) bond motifs is 1. The molecule has 0 spiro atoms. The summed E-state index contributed by atoms with van der Waals surface area (Å²) in [4.78, 5) is 22.8. The molecule has 0 unspecified atom stereocenters. The van der Waals surface area contributed by atoms with Crippen LogP contribution in [0.3, 0.4) is 0 Å². The van der Waals surface area contributed by atoms with E-state index in [-0.39, 0.29) is 23.2 Å². The van der Waals surface area contributed by atoms with E-state index < -0.39 is 11.8 Å². The summed E-state index contributed by atoms with van der Waals surface area (Å²) in [5, 5.41) is 8.75. The molecule has 132 valence electrons. The molecule has 0 saturated carbocycles. The molecule has 0 atom stereocenters. The van der Waals surface area contributed by atoms with Crippen LogP contribution in [0.4, 0.5) is 4.39 Å². The fourth-order valence-corrected chi connectivity index (χ4v) is 3.20. The Bertz CT molecular complexity index is 961. The summed E-state index contributed by atoms with van der Waals surface area (Å²) in [7, 11) is 0. The van der Waals surface area contributed by atoms with Gasteiger partial charge in [-0.05, 0) is 53.3 Å². The lowest BCUT2D eigenvalue weighted by atomic mass is 9.72. The number of carbonyl (C=O) groups excluding carboxylic acids is 1. The second kappa shape index (κ2) is 6.76. The summed E-state index contributed by atoms with van der Waals surface area (Å²) in [6, 6.07) is 9.87. The van der Waals surface area contributed by atoms with Gasteiger partial charge in [-0.15, -0.1) is 0 Å². The van der Waals surface area contributed by atoms with Crippen LogP contribution in [0.5, 0.6) is 0 Å². The normalized spacial score (nSPS) is 15.0. The van der Waals surface area contributed by atoms with E-state index in [1.165, 1.54) is 12.1 Å². The molecule has 3 nitrogen and oxygen atoms in total. The lowest BCUT2D eigenvalue weighted by Crippen LogP contribution is -2.27. The number of benzene rings is 2. The largest absolute Gasteiger partial charge is 0.481 e. The van der Waals surface area contributed by atoms with Gasteiger partial charge in [-0.1, -0.05) is 31.8 Å². The summed E-state index contributed by atoms with van der Waals surface area (Å²) in [6.07, 6.45) is 1.02. The molecule has 0 bridgehead atoms. The van der Waals surface area contributed by atoms with Crippen LogP contribution in [0.25, 0.3) is 0 Å². The van der Waals surface area contributed by atoms with E-state index in [4.69, 9.17) is 5.11 Å². The number of carboxylic acid groups (broad SMARTS) is 1. The van der Waals surface area contributed by atoms with Crippen molar-refractivity contribution < 1.29 is 19.1 Å². The number of rotatable bonds is 2. The molecular weight excluding hydrogens is 331 g/mol. The number of halogens is 1. The number of hydrogen-bond acceptors (Lipinski definition) is 2. The van der Waals surface area contributed by atoms with Crippen LogP contribution in [0.2, 0.25) is 0 Å². The van der Waals surface area contributed by atoms with Gasteiger partial charge >= 0.3 is 5.97 Å². The van der Waals surface area contributed by atoms with E-state index in [2.05, 4.69) is 25.7 Å². The van der Waals surface area contributed by atoms with Gasteiger partial charge in [-0.3, -0.25) is 9.59 Å². The zero-order chi connectivity index (χ0) is 18.9. The minimum absolute atomic E-state index is 0.0779. The van der Waals surface area contributed by atoms with E-state index in [0.717, 1.165) is 23.1 Å². The zero-order valence-corrected chi connectivity index (χ0v) is 14.7. The first kappa shape index (κ1) is 17.9. The minimum Gasteiger partial charge on any atom is -0.481 e. The summed E-state index contributed by atoms with van der Waals surface area (Å²) >= 11 is 0. The van der Waals surface area contributed by atoms with Crippen molar-refractivity contribution in [3.63, 3.8) is 0 Å². The van der Waals surface area contributed by atoms with Crippen LogP contribution in [0, 0.1) is 17.7 Å². The summed E-state index contributed by atoms with van der Waals surface area (Å²) in [6.45, 7) is 4.23. The number of carbonyl (C=O) groups is 2. The molecular formula is C22H19FO3. The standard InChI is InChI=1S/C22H19FO3/c1-22(2)10-9-20(24)17-8-6-14(11-18(17)22)3-4-15-5-7-16(13-21(25)26)19(23)12-15/h5-8,11-12H,9-10,13H2,1-2H3,(H,25,26). The SMILES string of the molecule is CC1(C)CCC(=O)c2ccc(C#Cc3ccc(CC(=O)O)c(F)c3)cc21. The molecule has 1 N–H and O–H groups in total. The van der Waals surface area contributed by atoms with Gasteiger partial charge in [0.1, 0.15) is 5.82 Å². The number of hydrogen-bond donors (Lipinski definition) is 1. The first-order valence-electron chi connectivity index (χ1n) is 8.46. The Labute approximate surface area is 151 Å². The molecule has 1 aliphatic carbocycles. The minimum atomic E-state index is -1.08. The Balaban J connectivity index is 1.90. The monoisotopic (exact) mass is 350 g/mol. The third-order valence-electron chi connectivity index (χ3n) is 4.77. The van der Waals surface area contributed by atoms with Gasteiger partial charge in [0.05, 0.1) is 6.42 Å². The van der Waals surface area contributed by atoms with Crippen molar-refractivity contribution >= 4 is 11.8 Å². The number of aliphatic carboxylic acids is 1. The Morgan fingerprint density at radius 1 is 1.15 bits per heavy atom. The van der Waals surface area contributed by atoms with Crippen LogP contribution >= 0.6 is 0 Å². The summed E-state index contributed by atoms with van der Waals surface area (Å²) in [5.41, 5.74) is 3.06. The van der Waals surface area contributed by atoms with Crippen molar-refractivity contribution in [2.45, 2.75) is 38.5 Å². The van der Waals surface area contributed by atoms with Crippen LogP contribution < -0.4 is 0 Å². The fraction of sp³-hybridized carbons (Fsp3) is 0.273. The van der Waals surface area contributed by atoms with Crippen molar-refractivity contribution in [2.24, 2.45) is 0 Å². The molecule has 1 aliphatic rings. The van der Waals surface area contributed by atoms with Gasteiger partial charge in [0.15, 0.2) is 5.78 Å². The lowest BCUT2D eigenvalue weighted by molar-refractivity contribution is -0.136. The third kappa shape index (κ3) is 3.67. The molecule has 0 radical (unpaired) electrons. The molecule has 26 heavy (non-hydrogen) atoms. The van der Waals surface area contributed by atoms with Gasteiger partial charge in [0, 0.05) is 23.1 Å². The van der Waals surface area contributed by atoms with Crippen molar-refractivity contribution in [3.8, 4) is 11.8 Å². The molecule has 0 aromatic heterocycles. The molecule has 0 amide bonds. The van der Waals surface area contributed by atoms with E-state index in [9.17, 15) is 14.0 Å². The molecule has 0 aliphatic heterocycles. The highest BCUT2D eigenvalue weighted by Gasteiger charge is 2.31. The van der Waals surface area contributed by atoms with Crippen molar-refractivity contribution in [1.29, 1.82) is 0 Å². The van der Waals surface area contributed by atoms with E-state index in [0.29, 0.717) is 12.0 Å². The molecule has 0 saturated heterocycles. The molecule has 0 fully saturated rings. The predicted molar refractivity (Wildman–Crippen MR) is 96.8 cm³/mol. The highest BCUT2D eigenvalue weighted by atomic mass is 19.1. The molecule has 0 heterocycles. The lowest BCUT2D eigenvalue weighted by Gasteiger charge is -2.31. The maximum Gasteiger partial charge on any atom is 0.307 e. The summed E-state index contributed by atoms with van der Waals surface area (Å²) < 4.78 is 13.9. The van der Waals surface area contributed by atoms with Crippen LogP contribution in [-0.2, 0) is 16.6 Å². The fourth-order valence-electron chi connectivity index (χ4n) is 3.20. The van der Waals surface area contributed by atoms with Gasteiger partial charge < -0.3 is 5.11 Å². The van der Waals surface area contributed by atoms with E-state index in [1.54, 1.807) is 12.1 Å². The topological polar surface area (TPSA) is 54.4 Å². The van der Waals surface area contributed by atoms with Crippen molar-refractivity contribution in [3.05, 3.63) is 70.0 Å². The molecule has 3 rings (SSSR count). The highest BCUT2D eigenvalue weighted by molar-refractivity contribution is 5.99. The average molecular weight is 350 g/mol. The quantitative estimate of drug-likeness (QED) is 0.830. The average Bonchev–Trinajstić information content (AvgIpc) is 2.58. The highest BCUT2D eigenvalue weighted by Crippen LogP contribution is 2.37. The molecule has 2 aromatic carbocycles. The maximum absolute atomic E-state index is 13.9. The summed E-state index contributed by atoms with van der Waals surface area (Å²) in [5.74, 6) is 4.43. The Kier molecular flexibility index (Phi) is 4.65. The first-order valence-corrected chi connectivity index (χ1v) is 8.46. The zero-order valence-electron chi connectivity index (χ0n) is 14.7. The van der Waals surface area contributed by atoms with Gasteiger partial charge in [0.25, 0.3) is 0 Å². The van der Waals surface area contributed by atoms with Gasteiger partial charge in [-0.25, -0.2) is 4.39 Å². The number of carboxylic acids is 1. The third-order valence-corrected chi connectivity index (χ3v) is 4.77. The smallest absolute Gasteiger partial charge is 0.307 e. The van der Waals surface area contributed by atoms with E-state index >= 15 is 0 Å². The van der Waals surface area contributed by atoms with Crippen molar-refractivity contribution in [1.82, 2.24) is 0 Å². The Morgan fingerprint density at radius 3 is 2.46 bits per heavy atom. The Morgan fingerprint density at radius 2 is 1.81 bits per heavy atom. The first-order chi connectivity index (χ1) is 12.3. The molecule has 4 heteroatoms. The van der Waals surface area contributed by atoms with Gasteiger partial charge in [0.2, 0.25) is 0 Å². The number of ketones is 1. The number of Topliss-reactive ketones (excluding diaryl/α,β-unsaturated/α-hetero) is 1. The van der Waals surface area contributed by atoms with Crippen LogP contribution in [0.15, 0.2) is 36.4 Å². The second-order valence-electron chi connectivity index (χ2n) is 7.19. The second-order valence-corrected chi connectivity index (χ2v) is 7.19. The molecule has 2 aromatic rings. The van der Waals surface area contributed by atoms with E-state index in [1.807, 2.05) is 12.1 Å².